The lowest BCUT2D eigenvalue weighted by Gasteiger charge is -2.13. The molecule has 6 nitrogen and oxygen atoms in total. The Bertz CT molecular complexity index is 475. The zero-order valence-electron chi connectivity index (χ0n) is 12.5. The molecule has 116 valence electrons. The average Bonchev–Trinajstić information content (AvgIpc) is 2.49. The Morgan fingerprint density at radius 1 is 1.19 bits per heavy atom. The summed E-state index contributed by atoms with van der Waals surface area (Å²) in [5.74, 6) is 0.567. The summed E-state index contributed by atoms with van der Waals surface area (Å²) < 4.78 is 5.71. The molecule has 4 N–H and O–H groups in total. The van der Waals surface area contributed by atoms with E-state index in [1.165, 1.54) is 0 Å². The van der Waals surface area contributed by atoms with E-state index in [1.54, 1.807) is 0 Å². The minimum Gasteiger partial charge on any atom is -0.493 e. The Labute approximate surface area is 125 Å². The van der Waals surface area contributed by atoms with Crippen LogP contribution in [0.5, 0.6) is 5.75 Å². The van der Waals surface area contributed by atoms with Crippen molar-refractivity contribution in [3.8, 4) is 5.75 Å². The predicted octanol–water partition coefficient (Wildman–Crippen LogP) is 0.413. The molecule has 0 atom stereocenters. The Kier molecular flexibility index (Phi) is 7.25. The Hall–Kier alpha value is -2.08. The van der Waals surface area contributed by atoms with Crippen molar-refractivity contribution in [1.82, 2.24) is 10.6 Å². The van der Waals surface area contributed by atoms with Gasteiger partial charge in [0.05, 0.1) is 19.7 Å². The van der Waals surface area contributed by atoms with Crippen LogP contribution >= 0.6 is 0 Å². The van der Waals surface area contributed by atoms with Gasteiger partial charge in [0.25, 0.3) is 0 Å². The van der Waals surface area contributed by atoms with Gasteiger partial charge in [-0.2, -0.15) is 0 Å². The fourth-order valence-electron chi connectivity index (χ4n) is 1.55. The van der Waals surface area contributed by atoms with Gasteiger partial charge >= 0.3 is 0 Å². The standard InChI is InChI=1S/C15H23N3O3/c1-11(2)10-21-13-6-4-3-5-12(13)8-17-15(20)9-18-14(19)7-16/h3-6,11H,7-10,16H2,1-2H3,(H,17,20)(H,18,19). The number of ether oxygens (including phenoxy) is 1. The molecule has 0 saturated heterocycles. The van der Waals surface area contributed by atoms with Crippen LogP contribution in [-0.4, -0.2) is 31.5 Å². The van der Waals surface area contributed by atoms with Crippen LogP contribution in [0.4, 0.5) is 0 Å². The maximum Gasteiger partial charge on any atom is 0.239 e. The maximum atomic E-state index is 11.6. The molecule has 1 aromatic carbocycles. The lowest BCUT2D eigenvalue weighted by atomic mass is 10.2. The van der Waals surface area contributed by atoms with Gasteiger partial charge in [0, 0.05) is 12.1 Å². The van der Waals surface area contributed by atoms with E-state index in [1.807, 2.05) is 24.3 Å². The number of rotatable bonds is 8. The molecule has 0 fully saturated rings. The Morgan fingerprint density at radius 3 is 2.57 bits per heavy atom. The molecule has 0 spiro atoms. The van der Waals surface area contributed by atoms with Gasteiger partial charge in [0.15, 0.2) is 0 Å². The van der Waals surface area contributed by atoms with Crippen molar-refractivity contribution in [1.29, 1.82) is 0 Å². The summed E-state index contributed by atoms with van der Waals surface area (Å²) >= 11 is 0. The number of benzene rings is 1. The fourth-order valence-corrected chi connectivity index (χ4v) is 1.55. The molecule has 0 heterocycles. The number of nitrogens with one attached hydrogen (secondary N) is 2. The lowest BCUT2D eigenvalue weighted by Crippen LogP contribution is -2.39. The second kappa shape index (κ2) is 8.97. The van der Waals surface area contributed by atoms with Crippen molar-refractivity contribution in [2.75, 3.05) is 19.7 Å². The summed E-state index contributed by atoms with van der Waals surface area (Å²) in [5.41, 5.74) is 6.04. The molecule has 0 radical (unpaired) electrons. The van der Waals surface area contributed by atoms with Gasteiger partial charge in [-0.3, -0.25) is 9.59 Å². The predicted molar refractivity (Wildman–Crippen MR) is 80.7 cm³/mol. The number of nitrogens with two attached hydrogens (primary N) is 1. The molecule has 6 heteroatoms. The third kappa shape index (κ3) is 6.76. The van der Waals surface area contributed by atoms with E-state index in [-0.39, 0.29) is 24.9 Å². The smallest absolute Gasteiger partial charge is 0.239 e. The van der Waals surface area contributed by atoms with E-state index >= 15 is 0 Å². The molecule has 0 aliphatic carbocycles. The Balaban J connectivity index is 2.47. The van der Waals surface area contributed by atoms with Gasteiger partial charge in [0.2, 0.25) is 11.8 Å². The van der Waals surface area contributed by atoms with Crippen LogP contribution in [0, 0.1) is 5.92 Å². The summed E-state index contributed by atoms with van der Waals surface area (Å²) in [4.78, 5) is 22.6. The molecule has 21 heavy (non-hydrogen) atoms. The minimum absolute atomic E-state index is 0.0783. The first-order valence-corrected chi connectivity index (χ1v) is 6.97. The van der Waals surface area contributed by atoms with Gasteiger partial charge < -0.3 is 21.1 Å². The normalized spacial score (nSPS) is 10.3. The number of hydrogen-bond acceptors (Lipinski definition) is 4. The third-order valence-electron chi connectivity index (χ3n) is 2.65. The quantitative estimate of drug-likeness (QED) is 0.647. The SMILES string of the molecule is CC(C)COc1ccccc1CNC(=O)CNC(=O)CN. The van der Waals surface area contributed by atoms with Crippen LogP contribution in [0.3, 0.4) is 0 Å². The molecule has 1 aromatic rings. The molecular weight excluding hydrogens is 270 g/mol. The highest BCUT2D eigenvalue weighted by Crippen LogP contribution is 2.18. The summed E-state index contributed by atoms with van der Waals surface area (Å²) in [6, 6.07) is 7.55. The zero-order valence-corrected chi connectivity index (χ0v) is 12.5. The van der Waals surface area contributed by atoms with Crippen LogP contribution in [0.1, 0.15) is 19.4 Å². The number of para-hydroxylation sites is 1. The minimum atomic E-state index is -0.356. The highest BCUT2D eigenvalue weighted by Gasteiger charge is 2.07. The highest BCUT2D eigenvalue weighted by molar-refractivity contribution is 5.85. The van der Waals surface area contributed by atoms with E-state index < -0.39 is 0 Å². The molecule has 0 bridgehead atoms. The van der Waals surface area contributed by atoms with Crippen LogP contribution in [0.2, 0.25) is 0 Å². The van der Waals surface area contributed by atoms with E-state index in [4.69, 9.17) is 10.5 Å². The summed E-state index contributed by atoms with van der Waals surface area (Å²) in [5, 5.41) is 5.15. The molecule has 2 amide bonds. The molecule has 0 aromatic heterocycles. The third-order valence-corrected chi connectivity index (χ3v) is 2.65. The van der Waals surface area contributed by atoms with Crippen molar-refractivity contribution in [2.24, 2.45) is 11.7 Å². The van der Waals surface area contributed by atoms with Crippen LogP contribution < -0.4 is 21.1 Å². The molecular formula is C15H23N3O3. The molecule has 0 aliphatic heterocycles. The second-order valence-corrected chi connectivity index (χ2v) is 5.07. The molecule has 0 aliphatic rings. The average molecular weight is 293 g/mol. The van der Waals surface area contributed by atoms with Crippen molar-refractivity contribution >= 4 is 11.8 Å². The van der Waals surface area contributed by atoms with E-state index in [2.05, 4.69) is 24.5 Å². The van der Waals surface area contributed by atoms with Crippen LogP contribution in [-0.2, 0) is 16.1 Å². The van der Waals surface area contributed by atoms with Crippen molar-refractivity contribution in [3.05, 3.63) is 29.8 Å². The van der Waals surface area contributed by atoms with Gasteiger partial charge in [-0.05, 0) is 12.0 Å². The van der Waals surface area contributed by atoms with Crippen molar-refractivity contribution < 1.29 is 14.3 Å². The molecule has 0 saturated carbocycles. The molecule has 0 unspecified atom stereocenters. The van der Waals surface area contributed by atoms with Gasteiger partial charge in [-0.1, -0.05) is 32.0 Å². The largest absolute Gasteiger partial charge is 0.493 e. The van der Waals surface area contributed by atoms with E-state index in [9.17, 15) is 9.59 Å². The van der Waals surface area contributed by atoms with E-state index in [0.717, 1.165) is 11.3 Å². The number of carbonyl (C=O) groups excluding carboxylic acids is 2. The second-order valence-electron chi connectivity index (χ2n) is 5.07. The molecule has 1 rings (SSSR count). The maximum absolute atomic E-state index is 11.6. The lowest BCUT2D eigenvalue weighted by molar-refractivity contribution is -0.125. The summed E-state index contributed by atoms with van der Waals surface area (Å²) in [6.07, 6.45) is 0. The zero-order chi connectivity index (χ0) is 15.7. The highest BCUT2D eigenvalue weighted by atomic mass is 16.5. The van der Waals surface area contributed by atoms with Gasteiger partial charge in [-0.15, -0.1) is 0 Å². The first kappa shape index (κ1) is 17.0. The van der Waals surface area contributed by atoms with E-state index in [0.29, 0.717) is 19.1 Å². The van der Waals surface area contributed by atoms with Crippen molar-refractivity contribution in [2.45, 2.75) is 20.4 Å². The first-order chi connectivity index (χ1) is 10.0. The fraction of sp³-hybridized carbons (Fsp3) is 0.467. The first-order valence-electron chi connectivity index (χ1n) is 6.97. The van der Waals surface area contributed by atoms with Gasteiger partial charge in [-0.25, -0.2) is 0 Å². The summed E-state index contributed by atoms with van der Waals surface area (Å²) in [7, 11) is 0. The number of hydrogen-bond donors (Lipinski definition) is 3. The van der Waals surface area contributed by atoms with Gasteiger partial charge in [0.1, 0.15) is 5.75 Å². The number of carbonyl (C=O) groups is 2. The Morgan fingerprint density at radius 2 is 1.90 bits per heavy atom. The number of amides is 2. The van der Waals surface area contributed by atoms with Crippen molar-refractivity contribution in [3.63, 3.8) is 0 Å². The topological polar surface area (TPSA) is 93.5 Å². The summed E-state index contributed by atoms with van der Waals surface area (Å²) in [6.45, 7) is 4.92. The van der Waals surface area contributed by atoms with Crippen LogP contribution in [0.15, 0.2) is 24.3 Å². The monoisotopic (exact) mass is 293 g/mol. The van der Waals surface area contributed by atoms with Crippen LogP contribution in [0.25, 0.3) is 0 Å².